The molecule has 1 fully saturated rings. The van der Waals surface area contributed by atoms with E-state index in [9.17, 15) is 9.59 Å². The average molecular weight is 379 g/mol. The molecule has 1 aliphatic heterocycles. The predicted molar refractivity (Wildman–Crippen MR) is 101 cm³/mol. The minimum atomic E-state index is -0.426. The summed E-state index contributed by atoms with van der Waals surface area (Å²) in [6, 6.07) is 0. The van der Waals surface area contributed by atoms with Gasteiger partial charge in [-0.2, -0.15) is 4.52 Å². The van der Waals surface area contributed by atoms with Crippen LogP contribution in [0, 0.1) is 0 Å². The highest BCUT2D eigenvalue weighted by Gasteiger charge is 2.19. The van der Waals surface area contributed by atoms with Crippen molar-refractivity contribution in [3.05, 3.63) is 22.1 Å². The fourth-order valence-electron chi connectivity index (χ4n) is 2.83. The Kier molecular flexibility index (Phi) is 6.20. The molecule has 0 bridgehead atoms. The van der Waals surface area contributed by atoms with Gasteiger partial charge in [0.25, 0.3) is 11.5 Å². The van der Waals surface area contributed by atoms with Crippen LogP contribution < -0.4 is 15.8 Å². The number of carbonyl (C=O) groups excluding carboxylic acids is 1. The Labute approximate surface area is 156 Å². The molecule has 26 heavy (non-hydrogen) atoms. The highest BCUT2D eigenvalue weighted by molar-refractivity contribution is 7.20. The third kappa shape index (κ3) is 4.39. The third-order valence-corrected chi connectivity index (χ3v) is 5.19. The second-order valence-electron chi connectivity index (χ2n) is 6.63. The Morgan fingerprint density at radius 1 is 1.35 bits per heavy atom. The highest BCUT2D eigenvalue weighted by atomic mass is 32.1. The quantitative estimate of drug-likeness (QED) is 0.737. The molecule has 0 spiro atoms. The van der Waals surface area contributed by atoms with E-state index in [0.29, 0.717) is 24.5 Å². The number of hydrogen-bond acceptors (Lipinski definition) is 7. The van der Waals surface area contributed by atoms with Gasteiger partial charge in [-0.05, 0) is 39.5 Å². The molecular formula is C17H25N5O3S. The van der Waals surface area contributed by atoms with Crippen LogP contribution >= 0.6 is 11.3 Å². The molecule has 8 nitrogen and oxygen atoms in total. The van der Waals surface area contributed by atoms with Crippen molar-refractivity contribution < 1.29 is 9.53 Å². The van der Waals surface area contributed by atoms with E-state index in [0.717, 1.165) is 31.1 Å². The molecule has 2 aromatic rings. The molecule has 0 radical (unpaired) electrons. The van der Waals surface area contributed by atoms with Crippen LogP contribution in [0.5, 0.6) is 0 Å². The van der Waals surface area contributed by atoms with Crippen LogP contribution in [0.1, 0.15) is 49.9 Å². The van der Waals surface area contributed by atoms with Crippen LogP contribution in [0.3, 0.4) is 0 Å². The summed E-state index contributed by atoms with van der Waals surface area (Å²) in [6.45, 7) is 6.84. The van der Waals surface area contributed by atoms with Gasteiger partial charge in [-0.3, -0.25) is 9.59 Å². The van der Waals surface area contributed by atoms with Crippen molar-refractivity contribution in [2.75, 3.05) is 31.1 Å². The van der Waals surface area contributed by atoms with Crippen molar-refractivity contribution in [1.82, 2.24) is 19.9 Å². The largest absolute Gasteiger partial charge is 0.379 e. The summed E-state index contributed by atoms with van der Waals surface area (Å²) < 4.78 is 6.67. The first kappa shape index (κ1) is 18.8. The summed E-state index contributed by atoms with van der Waals surface area (Å²) in [5.41, 5.74) is -0.409. The first-order valence-electron chi connectivity index (χ1n) is 9.10. The van der Waals surface area contributed by atoms with Crippen LogP contribution in [0.15, 0.2) is 11.0 Å². The number of anilines is 1. The zero-order chi connectivity index (χ0) is 18.5. The van der Waals surface area contributed by atoms with Crippen molar-refractivity contribution in [1.29, 1.82) is 0 Å². The smallest absolute Gasteiger partial charge is 0.288 e. The number of aromatic nitrogens is 3. The molecule has 1 N–H and O–H groups in total. The normalized spacial score (nSPS) is 15.0. The van der Waals surface area contributed by atoms with E-state index in [2.05, 4.69) is 20.3 Å². The van der Waals surface area contributed by atoms with Gasteiger partial charge in [0, 0.05) is 32.4 Å². The Morgan fingerprint density at radius 2 is 2.12 bits per heavy atom. The van der Waals surface area contributed by atoms with Gasteiger partial charge in [0.15, 0.2) is 0 Å². The van der Waals surface area contributed by atoms with E-state index < -0.39 is 11.5 Å². The molecule has 0 unspecified atom stereocenters. The number of nitrogens with zero attached hydrogens (tertiary/aromatic N) is 4. The SMILES string of the molecule is CC(C)OCCCNC(=O)c1cnc2sc(N3CCCCC3)nn2c1=O. The number of piperidine rings is 1. The zero-order valence-corrected chi connectivity index (χ0v) is 16.0. The minimum absolute atomic E-state index is 0.0165. The van der Waals surface area contributed by atoms with Crippen LogP contribution in [0.2, 0.25) is 0 Å². The Bertz CT molecular complexity index is 810. The van der Waals surface area contributed by atoms with Gasteiger partial charge in [-0.25, -0.2) is 4.98 Å². The topological polar surface area (TPSA) is 88.8 Å². The lowest BCUT2D eigenvalue weighted by molar-refractivity contribution is 0.0757. The van der Waals surface area contributed by atoms with Crippen LogP contribution in [-0.4, -0.2) is 52.9 Å². The van der Waals surface area contributed by atoms with E-state index in [-0.39, 0.29) is 11.7 Å². The molecule has 0 aliphatic carbocycles. The second kappa shape index (κ2) is 8.59. The molecule has 3 rings (SSSR count). The first-order chi connectivity index (χ1) is 12.6. The number of hydrogen-bond donors (Lipinski definition) is 1. The Balaban J connectivity index is 1.68. The molecule has 1 amide bonds. The molecule has 9 heteroatoms. The minimum Gasteiger partial charge on any atom is -0.379 e. The van der Waals surface area contributed by atoms with Crippen molar-refractivity contribution >= 4 is 27.3 Å². The highest BCUT2D eigenvalue weighted by Crippen LogP contribution is 2.24. The summed E-state index contributed by atoms with van der Waals surface area (Å²) >= 11 is 1.38. The number of amides is 1. The van der Waals surface area contributed by atoms with Gasteiger partial charge in [0.1, 0.15) is 5.56 Å². The van der Waals surface area contributed by atoms with Gasteiger partial charge in [-0.1, -0.05) is 11.3 Å². The van der Waals surface area contributed by atoms with Gasteiger partial charge in [0.05, 0.1) is 6.10 Å². The van der Waals surface area contributed by atoms with Crippen LogP contribution in [-0.2, 0) is 4.74 Å². The number of carbonyl (C=O) groups is 1. The van der Waals surface area contributed by atoms with E-state index in [4.69, 9.17) is 4.74 Å². The predicted octanol–water partition coefficient (Wildman–Crippen LogP) is 1.69. The average Bonchev–Trinajstić information content (AvgIpc) is 3.07. The van der Waals surface area contributed by atoms with Gasteiger partial charge < -0.3 is 15.0 Å². The summed E-state index contributed by atoms with van der Waals surface area (Å²) in [6.07, 6.45) is 5.69. The molecule has 1 saturated heterocycles. The number of ether oxygens (including phenoxy) is 1. The van der Waals surface area contributed by atoms with Gasteiger partial charge >= 0.3 is 0 Å². The van der Waals surface area contributed by atoms with E-state index in [1.54, 1.807) is 0 Å². The van der Waals surface area contributed by atoms with Crippen molar-refractivity contribution in [3.8, 4) is 0 Å². The van der Waals surface area contributed by atoms with Crippen LogP contribution in [0.25, 0.3) is 4.96 Å². The maximum atomic E-state index is 12.6. The van der Waals surface area contributed by atoms with Crippen LogP contribution in [0.4, 0.5) is 5.13 Å². The monoisotopic (exact) mass is 379 g/mol. The summed E-state index contributed by atoms with van der Waals surface area (Å²) in [4.78, 5) is 31.8. The fraction of sp³-hybridized carbons (Fsp3) is 0.647. The second-order valence-corrected chi connectivity index (χ2v) is 7.57. The lowest BCUT2D eigenvalue weighted by atomic mass is 10.1. The third-order valence-electron chi connectivity index (χ3n) is 4.21. The standard InChI is InChI=1S/C17H25N5O3S/c1-12(2)25-10-6-7-18-14(23)13-11-19-16-22(15(13)24)20-17(26-16)21-8-4-3-5-9-21/h11-12H,3-10H2,1-2H3,(H,18,23). The van der Waals surface area contributed by atoms with E-state index >= 15 is 0 Å². The zero-order valence-electron chi connectivity index (χ0n) is 15.2. The molecule has 1 aliphatic rings. The van der Waals surface area contributed by atoms with Crippen molar-refractivity contribution in [2.45, 2.75) is 45.6 Å². The molecule has 0 atom stereocenters. The summed E-state index contributed by atoms with van der Waals surface area (Å²) in [5.74, 6) is -0.422. The molecule has 142 valence electrons. The number of fused-ring (bicyclic) bond motifs is 1. The Hall–Kier alpha value is -2.00. The van der Waals surface area contributed by atoms with Gasteiger partial charge in [0.2, 0.25) is 10.1 Å². The molecule has 2 aromatic heterocycles. The summed E-state index contributed by atoms with van der Waals surface area (Å²) in [7, 11) is 0. The van der Waals surface area contributed by atoms with Crippen molar-refractivity contribution in [2.24, 2.45) is 0 Å². The lowest BCUT2D eigenvalue weighted by Gasteiger charge is -2.25. The van der Waals surface area contributed by atoms with Crippen molar-refractivity contribution in [3.63, 3.8) is 0 Å². The number of nitrogens with one attached hydrogen (secondary N) is 1. The lowest BCUT2D eigenvalue weighted by Crippen LogP contribution is -2.33. The molecule has 0 saturated carbocycles. The molecule has 0 aromatic carbocycles. The van der Waals surface area contributed by atoms with Gasteiger partial charge in [-0.15, -0.1) is 5.10 Å². The maximum absolute atomic E-state index is 12.6. The Morgan fingerprint density at radius 3 is 2.85 bits per heavy atom. The summed E-state index contributed by atoms with van der Waals surface area (Å²) in [5, 5.41) is 7.93. The molecule has 3 heterocycles. The first-order valence-corrected chi connectivity index (χ1v) is 9.91. The number of rotatable bonds is 7. The molecular weight excluding hydrogens is 354 g/mol. The van der Waals surface area contributed by atoms with E-state index in [1.807, 2.05) is 13.8 Å². The maximum Gasteiger partial charge on any atom is 0.288 e. The fourth-order valence-corrected chi connectivity index (χ4v) is 3.75. The van der Waals surface area contributed by atoms with E-state index in [1.165, 1.54) is 28.5 Å².